The molecular weight excluding hydrogens is 432 g/mol. The lowest BCUT2D eigenvalue weighted by atomic mass is 9.97. The van der Waals surface area contributed by atoms with Gasteiger partial charge in [0.1, 0.15) is 11.5 Å². The number of rotatable bonds is 5. The third-order valence-electron chi connectivity index (χ3n) is 7.16. The Hall–Kier alpha value is -3.99. The summed E-state index contributed by atoms with van der Waals surface area (Å²) in [6.07, 6.45) is 5.55. The minimum Gasteiger partial charge on any atom is -0.378 e. The molecule has 3 aromatic rings. The molecule has 2 atom stereocenters. The molecule has 5 heteroatoms. The fourth-order valence-electron chi connectivity index (χ4n) is 5.15. The maximum absolute atomic E-state index is 13.7. The number of allylic oxidation sites excluding steroid dienone is 2. The molecule has 0 radical (unpaired) electrons. The first-order valence-corrected chi connectivity index (χ1v) is 12.1. The first-order valence-electron chi connectivity index (χ1n) is 12.1. The van der Waals surface area contributed by atoms with E-state index in [1.807, 2.05) is 69.8 Å². The Morgan fingerprint density at radius 2 is 1.69 bits per heavy atom. The monoisotopic (exact) mass is 460 g/mol. The molecule has 0 spiro atoms. The van der Waals surface area contributed by atoms with Crippen LogP contribution in [0.2, 0.25) is 0 Å². The van der Waals surface area contributed by atoms with Gasteiger partial charge in [-0.05, 0) is 65.6 Å². The second-order valence-corrected chi connectivity index (χ2v) is 9.80. The molecule has 1 fully saturated rings. The van der Waals surface area contributed by atoms with E-state index in [0.29, 0.717) is 24.0 Å². The fraction of sp³-hybridized carbons (Fsp3) is 0.233. The molecule has 1 saturated carbocycles. The minimum absolute atomic E-state index is 0.0369. The van der Waals surface area contributed by atoms with Crippen LogP contribution in [0.25, 0.3) is 11.1 Å². The van der Waals surface area contributed by atoms with E-state index >= 15 is 0 Å². The lowest BCUT2D eigenvalue weighted by molar-refractivity contribution is -0.119. The van der Waals surface area contributed by atoms with Crippen LogP contribution in [0.3, 0.4) is 0 Å². The number of benzene rings is 2. The van der Waals surface area contributed by atoms with Gasteiger partial charge in [0.15, 0.2) is 0 Å². The van der Waals surface area contributed by atoms with Crippen LogP contribution < -0.4 is 4.90 Å². The van der Waals surface area contributed by atoms with E-state index in [9.17, 15) is 4.79 Å². The van der Waals surface area contributed by atoms with Gasteiger partial charge in [0.05, 0.1) is 0 Å². The molecular formula is C30H28N4O. The van der Waals surface area contributed by atoms with Crippen LogP contribution in [0.5, 0.6) is 0 Å². The molecule has 0 saturated heterocycles. The highest BCUT2D eigenvalue weighted by Crippen LogP contribution is 2.58. The van der Waals surface area contributed by atoms with Gasteiger partial charge in [-0.15, -0.1) is 0 Å². The van der Waals surface area contributed by atoms with Crippen molar-refractivity contribution in [2.24, 2.45) is 16.8 Å². The van der Waals surface area contributed by atoms with Crippen LogP contribution >= 0.6 is 0 Å². The molecule has 0 N–H and O–H groups in total. The number of aromatic nitrogens is 1. The molecule has 1 aliphatic carbocycles. The highest BCUT2D eigenvalue weighted by atomic mass is 16.2. The molecule has 5 nitrogen and oxygen atoms in total. The zero-order valence-electron chi connectivity index (χ0n) is 20.3. The lowest BCUT2D eigenvalue weighted by Gasteiger charge is -2.17. The molecule has 6 rings (SSSR count). The Morgan fingerprint density at radius 1 is 0.943 bits per heavy atom. The molecule has 35 heavy (non-hydrogen) atoms. The number of aliphatic imine (C=N–C) groups is 1. The van der Waals surface area contributed by atoms with Gasteiger partial charge in [-0.2, -0.15) is 0 Å². The van der Waals surface area contributed by atoms with E-state index in [0.717, 1.165) is 45.9 Å². The van der Waals surface area contributed by atoms with Crippen molar-refractivity contribution in [3.8, 4) is 0 Å². The Kier molecular flexibility index (Phi) is 5.14. The second-order valence-electron chi connectivity index (χ2n) is 9.80. The predicted octanol–water partition coefficient (Wildman–Crippen LogP) is 5.34. The van der Waals surface area contributed by atoms with Crippen LogP contribution in [0, 0.1) is 18.8 Å². The largest absolute Gasteiger partial charge is 0.378 e. The molecule has 3 heterocycles. The van der Waals surface area contributed by atoms with Crippen molar-refractivity contribution in [3.05, 3.63) is 107 Å². The zero-order chi connectivity index (χ0) is 24.1. The van der Waals surface area contributed by atoms with Gasteiger partial charge in [-0.1, -0.05) is 48.5 Å². The number of nitrogens with zero attached hydrogens (tertiary/aromatic N) is 4. The van der Waals surface area contributed by atoms with E-state index in [1.54, 1.807) is 4.90 Å². The van der Waals surface area contributed by atoms with Crippen LogP contribution in [-0.4, -0.2) is 35.6 Å². The Balaban J connectivity index is 1.45. The van der Waals surface area contributed by atoms with Crippen LogP contribution in [0.4, 0.5) is 5.69 Å². The Labute approximate surface area is 206 Å². The molecule has 174 valence electrons. The number of aryl methyl sites for hydroxylation is 1. The summed E-state index contributed by atoms with van der Waals surface area (Å²) >= 11 is 0. The number of fused-ring (bicyclic) bond motifs is 2. The van der Waals surface area contributed by atoms with Crippen molar-refractivity contribution in [1.29, 1.82) is 0 Å². The van der Waals surface area contributed by atoms with Gasteiger partial charge < -0.3 is 4.90 Å². The number of anilines is 1. The summed E-state index contributed by atoms with van der Waals surface area (Å²) in [5.74, 6) is 1.42. The first-order chi connectivity index (χ1) is 17.0. The molecule has 2 aromatic carbocycles. The fourth-order valence-corrected chi connectivity index (χ4v) is 5.15. The second kappa shape index (κ2) is 8.35. The minimum atomic E-state index is -0.0369. The highest BCUT2D eigenvalue weighted by molar-refractivity contribution is 6.42. The van der Waals surface area contributed by atoms with E-state index in [4.69, 9.17) is 4.99 Å². The van der Waals surface area contributed by atoms with Gasteiger partial charge in [-0.3, -0.25) is 14.7 Å². The summed E-state index contributed by atoms with van der Waals surface area (Å²) in [6, 6.07) is 22.8. The zero-order valence-corrected chi connectivity index (χ0v) is 20.3. The Morgan fingerprint density at radius 3 is 2.37 bits per heavy atom. The van der Waals surface area contributed by atoms with Gasteiger partial charge >= 0.3 is 0 Å². The maximum atomic E-state index is 13.7. The Bertz CT molecular complexity index is 1380. The van der Waals surface area contributed by atoms with E-state index in [2.05, 4.69) is 40.2 Å². The third-order valence-corrected chi connectivity index (χ3v) is 7.16. The van der Waals surface area contributed by atoms with Gasteiger partial charge in [0.25, 0.3) is 5.91 Å². The van der Waals surface area contributed by atoms with Crippen LogP contribution in [-0.2, 0) is 11.2 Å². The SMILES string of the molecule is Cc1ccc(C2=C3N=C(Cc4ccccc4)C(=O)N3C=C(c3ccc(N(C)C)cc3)C3C[C@H]23)cn1. The van der Waals surface area contributed by atoms with Crippen LogP contribution in [0.15, 0.2) is 89.9 Å². The normalized spacial score (nSPS) is 20.7. The number of carbonyl (C=O) groups is 1. The molecule has 1 aromatic heterocycles. The van der Waals surface area contributed by atoms with Crippen molar-refractivity contribution < 1.29 is 4.79 Å². The average Bonchev–Trinajstić information content (AvgIpc) is 3.60. The number of hydrogen-bond acceptors (Lipinski definition) is 4. The van der Waals surface area contributed by atoms with Gasteiger partial charge in [-0.25, -0.2) is 4.99 Å². The predicted molar refractivity (Wildman–Crippen MR) is 141 cm³/mol. The van der Waals surface area contributed by atoms with Crippen molar-refractivity contribution in [3.63, 3.8) is 0 Å². The number of hydrogen-bond donors (Lipinski definition) is 0. The summed E-state index contributed by atoms with van der Waals surface area (Å²) in [5.41, 5.74) is 8.37. The van der Waals surface area contributed by atoms with E-state index in [-0.39, 0.29) is 5.91 Å². The smallest absolute Gasteiger partial charge is 0.278 e. The summed E-state index contributed by atoms with van der Waals surface area (Å²) in [7, 11) is 4.09. The van der Waals surface area contributed by atoms with Crippen molar-refractivity contribution in [1.82, 2.24) is 9.88 Å². The molecule has 2 aliphatic heterocycles. The molecule has 3 aliphatic rings. The number of carbonyl (C=O) groups excluding carboxylic acids is 1. The van der Waals surface area contributed by atoms with Crippen molar-refractivity contribution in [2.75, 3.05) is 19.0 Å². The number of amides is 1. The summed E-state index contributed by atoms with van der Waals surface area (Å²) in [6.45, 7) is 1.99. The van der Waals surface area contributed by atoms with Crippen molar-refractivity contribution in [2.45, 2.75) is 19.8 Å². The highest BCUT2D eigenvalue weighted by Gasteiger charge is 2.49. The average molecular weight is 461 g/mol. The quantitative estimate of drug-likeness (QED) is 0.516. The number of pyridine rings is 1. The molecule has 1 unspecified atom stereocenters. The summed E-state index contributed by atoms with van der Waals surface area (Å²) in [4.78, 5) is 27.1. The van der Waals surface area contributed by atoms with Crippen LogP contribution in [0.1, 0.15) is 28.8 Å². The van der Waals surface area contributed by atoms with E-state index < -0.39 is 0 Å². The van der Waals surface area contributed by atoms with E-state index in [1.165, 1.54) is 5.57 Å². The molecule has 0 bridgehead atoms. The lowest BCUT2D eigenvalue weighted by Crippen LogP contribution is -2.26. The summed E-state index contributed by atoms with van der Waals surface area (Å²) < 4.78 is 0. The summed E-state index contributed by atoms with van der Waals surface area (Å²) in [5, 5.41) is 0. The van der Waals surface area contributed by atoms with Crippen molar-refractivity contribution >= 4 is 28.5 Å². The van der Waals surface area contributed by atoms with Gasteiger partial charge in [0.2, 0.25) is 0 Å². The first kappa shape index (κ1) is 21.5. The maximum Gasteiger partial charge on any atom is 0.278 e. The standard InChI is InChI=1S/C30H28N4O/c1-19-9-10-22(17-31-19)28-25-16-24(25)26(21-11-13-23(14-12-21)33(2)3)18-34-29(28)32-27(30(34)35)15-20-7-5-4-6-8-20/h4-14,17-18,24-25H,15-16H2,1-3H3/t24?,25-/m0/s1. The van der Waals surface area contributed by atoms with Gasteiger partial charge in [0, 0.05) is 49.9 Å². The molecule has 1 amide bonds. The third kappa shape index (κ3) is 3.87. The topological polar surface area (TPSA) is 48.8 Å².